The average Bonchev–Trinajstić information content (AvgIpc) is 3.23. The standard InChI is InChI=1S/C22H24N4O/c27-18-8-6-7-17(15-18)21-16-26-20-10-3-2-9-19(20)23-22(26)25(21)14-13-24-11-4-1-5-12-24/h2-3,6-10,15-16,27H,1,4-5,11-14H2. The molecule has 0 spiro atoms. The lowest BCUT2D eigenvalue weighted by molar-refractivity contribution is 0.222. The van der Waals surface area contributed by atoms with Gasteiger partial charge in [-0.25, -0.2) is 4.98 Å². The molecule has 1 aliphatic heterocycles. The van der Waals surface area contributed by atoms with Crippen LogP contribution in [-0.2, 0) is 6.54 Å². The summed E-state index contributed by atoms with van der Waals surface area (Å²) in [4.78, 5) is 7.44. The molecule has 5 rings (SSSR count). The van der Waals surface area contributed by atoms with Gasteiger partial charge in [0.15, 0.2) is 0 Å². The molecule has 0 aliphatic carbocycles. The van der Waals surface area contributed by atoms with Gasteiger partial charge in [-0.15, -0.1) is 0 Å². The third-order valence-corrected chi connectivity index (χ3v) is 5.59. The third-order valence-electron chi connectivity index (χ3n) is 5.59. The minimum Gasteiger partial charge on any atom is -0.508 e. The van der Waals surface area contributed by atoms with E-state index in [9.17, 15) is 5.11 Å². The first-order valence-corrected chi connectivity index (χ1v) is 9.78. The second kappa shape index (κ2) is 6.74. The monoisotopic (exact) mass is 360 g/mol. The molecule has 0 unspecified atom stereocenters. The van der Waals surface area contributed by atoms with Crippen molar-refractivity contribution in [1.82, 2.24) is 18.9 Å². The van der Waals surface area contributed by atoms with Crippen LogP contribution < -0.4 is 0 Å². The fraction of sp³-hybridized carbons (Fsp3) is 0.318. The van der Waals surface area contributed by atoms with Crippen molar-refractivity contribution < 1.29 is 5.11 Å². The van der Waals surface area contributed by atoms with Gasteiger partial charge >= 0.3 is 0 Å². The van der Waals surface area contributed by atoms with Crippen LogP contribution in [0.2, 0.25) is 0 Å². The zero-order valence-electron chi connectivity index (χ0n) is 15.4. The van der Waals surface area contributed by atoms with Crippen molar-refractivity contribution in [2.45, 2.75) is 25.8 Å². The molecule has 0 atom stereocenters. The summed E-state index contributed by atoms with van der Waals surface area (Å²) in [6.07, 6.45) is 6.10. The molecule has 1 aliphatic rings. The van der Waals surface area contributed by atoms with E-state index in [4.69, 9.17) is 4.98 Å². The van der Waals surface area contributed by atoms with Crippen LogP contribution in [0.15, 0.2) is 54.7 Å². The molecule has 0 saturated carbocycles. The van der Waals surface area contributed by atoms with Crippen molar-refractivity contribution in [3.63, 3.8) is 0 Å². The Balaban J connectivity index is 1.61. The SMILES string of the molecule is Oc1cccc(-c2cn3c4ccccc4nc3n2CCN2CCCCC2)c1. The Kier molecular flexibility index (Phi) is 4.09. The fourth-order valence-corrected chi connectivity index (χ4v) is 4.19. The van der Waals surface area contributed by atoms with Gasteiger partial charge in [-0.05, 0) is 50.2 Å². The quantitative estimate of drug-likeness (QED) is 0.595. The van der Waals surface area contributed by atoms with Crippen molar-refractivity contribution in [2.24, 2.45) is 0 Å². The fourth-order valence-electron chi connectivity index (χ4n) is 4.19. The molecule has 5 nitrogen and oxygen atoms in total. The van der Waals surface area contributed by atoms with Crippen molar-refractivity contribution in [3.05, 3.63) is 54.7 Å². The van der Waals surface area contributed by atoms with Crippen molar-refractivity contribution in [3.8, 4) is 17.0 Å². The first kappa shape index (κ1) is 16.4. The maximum Gasteiger partial charge on any atom is 0.215 e. The van der Waals surface area contributed by atoms with Crippen LogP contribution >= 0.6 is 0 Å². The number of rotatable bonds is 4. The summed E-state index contributed by atoms with van der Waals surface area (Å²) in [7, 11) is 0. The predicted octanol–water partition coefficient (Wildman–Crippen LogP) is 4.15. The van der Waals surface area contributed by atoms with E-state index in [2.05, 4.69) is 38.3 Å². The minimum atomic E-state index is 0.291. The summed E-state index contributed by atoms with van der Waals surface area (Å²) in [5.74, 6) is 1.25. The highest BCUT2D eigenvalue weighted by Gasteiger charge is 2.17. The van der Waals surface area contributed by atoms with Crippen molar-refractivity contribution >= 4 is 16.8 Å². The Morgan fingerprint density at radius 1 is 0.926 bits per heavy atom. The van der Waals surface area contributed by atoms with Gasteiger partial charge in [0.2, 0.25) is 5.78 Å². The summed E-state index contributed by atoms with van der Waals surface area (Å²) in [5.41, 5.74) is 4.24. The van der Waals surface area contributed by atoms with Gasteiger partial charge in [-0.2, -0.15) is 0 Å². The average molecular weight is 360 g/mol. The third kappa shape index (κ3) is 2.98. The lowest BCUT2D eigenvalue weighted by Crippen LogP contribution is -2.32. The highest BCUT2D eigenvalue weighted by molar-refractivity contribution is 5.81. The van der Waals surface area contributed by atoms with E-state index in [1.165, 1.54) is 32.4 Å². The van der Waals surface area contributed by atoms with E-state index in [1.54, 1.807) is 6.07 Å². The molecular weight excluding hydrogens is 336 g/mol. The van der Waals surface area contributed by atoms with E-state index in [0.29, 0.717) is 5.75 Å². The summed E-state index contributed by atoms with van der Waals surface area (Å²) in [6, 6.07) is 15.7. The number of nitrogens with zero attached hydrogens (tertiary/aromatic N) is 4. The molecule has 1 N–H and O–H groups in total. The Hall–Kier alpha value is -2.79. The van der Waals surface area contributed by atoms with Gasteiger partial charge in [-0.1, -0.05) is 30.7 Å². The first-order valence-electron chi connectivity index (χ1n) is 9.78. The molecule has 2 aromatic heterocycles. The molecule has 2 aromatic carbocycles. The molecule has 3 heterocycles. The number of phenols is 1. The number of benzene rings is 2. The number of phenolic OH excluding ortho intramolecular Hbond substituents is 1. The topological polar surface area (TPSA) is 45.7 Å². The number of likely N-dealkylation sites (tertiary alicyclic amines) is 1. The molecule has 27 heavy (non-hydrogen) atoms. The summed E-state index contributed by atoms with van der Waals surface area (Å²) in [6.45, 7) is 4.30. The molecule has 0 amide bonds. The number of aromatic nitrogens is 3. The number of piperidine rings is 1. The summed E-state index contributed by atoms with van der Waals surface area (Å²) >= 11 is 0. The maximum absolute atomic E-state index is 9.96. The highest BCUT2D eigenvalue weighted by atomic mass is 16.3. The van der Waals surface area contributed by atoms with E-state index >= 15 is 0 Å². The molecule has 5 heteroatoms. The van der Waals surface area contributed by atoms with Crippen LogP contribution in [0.25, 0.3) is 28.1 Å². The highest BCUT2D eigenvalue weighted by Crippen LogP contribution is 2.28. The van der Waals surface area contributed by atoms with Gasteiger partial charge in [0.1, 0.15) is 5.75 Å². The molecule has 0 bridgehead atoms. The number of imidazole rings is 2. The van der Waals surface area contributed by atoms with Crippen molar-refractivity contribution in [2.75, 3.05) is 19.6 Å². The van der Waals surface area contributed by atoms with Crippen LogP contribution in [0.1, 0.15) is 19.3 Å². The van der Waals surface area contributed by atoms with Gasteiger partial charge in [0.25, 0.3) is 0 Å². The number of aromatic hydroxyl groups is 1. The number of hydrogen-bond acceptors (Lipinski definition) is 3. The van der Waals surface area contributed by atoms with Crippen LogP contribution in [-0.4, -0.2) is 43.6 Å². The molecule has 138 valence electrons. The number of hydrogen-bond donors (Lipinski definition) is 1. The Morgan fingerprint density at radius 2 is 1.78 bits per heavy atom. The number of para-hydroxylation sites is 2. The minimum absolute atomic E-state index is 0.291. The van der Waals surface area contributed by atoms with Gasteiger partial charge in [-0.3, -0.25) is 4.40 Å². The van der Waals surface area contributed by atoms with Crippen LogP contribution in [0, 0.1) is 0 Å². The number of fused-ring (bicyclic) bond motifs is 3. The van der Waals surface area contributed by atoms with Gasteiger partial charge in [0.05, 0.1) is 16.7 Å². The molecule has 1 saturated heterocycles. The Morgan fingerprint density at radius 3 is 2.63 bits per heavy atom. The second-order valence-electron chi connectivity index (χ2n) is 7.39. The van der Waals surface area contributed by atoms with E-state index < -0.39 is 0 Å². The van der Waals surface area contributed by atoms with Crippen molar-refractivity contribution in [1.29, 1.82) is 0 Å². The lowest BCUT2D eigenvalue weighted by atomic mass is 10.1. The normalized spacial score (nSPS) is 15.7. The van der Waals surface area contributed by atoms with E-state index in [-0.39, 0.29) is 0 Å². The van der Waals surface area contributed by atoms with E-state index in [1.807, 2.05) is 24.3 Å². The molecule has 1 fully saturated rings. The smallest absolute Gasteiger partial charge is 0.215 e. The lowest BCUT2D eigenvalue weighted by Gasteiger charge is -2.26. The van der Waals surface area contributed by atoms with Crippen LogP contribution in [0.5, 0.6) is 5.75 Å². The van der Waals surface area contributed by atoms with Crippen LogP contribution in [0.4, 0.5) is 0 Å². The van der Waals surface area contributed by atoms with Gasteiger partial charge in [0, 0.05) is 24.8 Å². The first-order chi connectivity index (χ1) is 13.3. The predicted molar refractivity (Wildman–Crippen MR) is 108 cm³/mol. The Labute approximate surface area is 158 Å². The van der Waals surface area contributed by atoms with Gasteiger partial charge < -0.3 is 14.6 Å². The summed E-state index contributed by atoms with van der Waals surface area (Å²) in [5, 5.41) is 9.96. The van der Waals surface area contributed by atoms with E-state index in [0.717, 1.165) is 41.2 Å². The largest absolute Gasteiger partial charge is 0.508 e. The Bertz CT molecular complexity index is 1090. The zero-order valence-corrected chi connectivity index (χ0v) is 15.4. The molecular formula is C22H24N4O. The van der Waals surface area contributed by atoms with Crippen LogP contribution in [0.3, 0.4) is 0 Å². The summed E-state index contributed by atoms with van der Waals surface area (Å²) < 4.78 is 4.47. The molecule has 0 radical (unpaired) electrons. The maximum atomic E-state index is 9.96. The zero-order chi connectivity index (χ0) is 18.2. The molecule has 4 aromatic rings. The second-order valence-corrected chi connectivity index (χ2v) is 7.39.